The van der Waals surface area contributed by atoms with Crippen molar-refractivity contribution in [2.45, 2.75) is 39.2 Å². The van der Waals surface area contributed by atoms with Crippen LogP contribution in [0, 0.1) is 19.8 Å². The number of carbonyl (C=O) groups is 1. The Labute approximate surface area is 131 Å². The van der Waals surface area contributed by atoms with Crippen molar-refractivity contribution in [1.82, 2.24) is 9.97 Å². The number of aromatic nitrogens is 2. The van der Waals surface area contributed by atoms with E-state index in [4.69, 9.17) is 5.73 Å². The van der Waals surface area contributed by atoms with Crippen LogP contribution < -0.4 is 11.1 Å². The Morgan fingerprint density at radius 1 is 1.38 bits per heavy atom. The maximum absolute atomic E-state index is 12.2. The van der Waals surface area contributed by atoms with Crippen LogP contribution in [0.4, 0.5) is 5.13 Å². The number of rotatable bonds is 3. The van der Waals surface area contributed by atoms with Crippen LogP contribution in [-0.2, 0) is 4.79 Å². The molecule has 1 aliphatic carbocycles. The van der Waals surface area contributed by atoms with E-state index in [1.54, 1.807) is 11.3 Å². The molecule has 2 unspecified atom stereocenters. The maximum atomic E-state index is 12.2. The monoisotopic (exact) mass is 322 g/mol. The second kappa shape index (κ2) is 5.82. The minimum absolute atomic E-state index is 0.0275. The zero-order valence-corrected chi connectivity index (χ0v) is 13.7. The number of amides is 1. The molecule has 2 heterocycles. The summed E-state index contributed by atoms with van der Waals surface area (Å²) in [6.07, 6.45) is 2.58. The third-order valence-electron chi connectivity index (χ3n) is 3.71. The normalized spacial score (nSPS) is 21.7. The molecule has 2 aromatic rings. The molecule has 5 nitrogen and oxygen atoms in total. The SMILES string of the molecule is Cc1nc(C)c(-c2csc(NC(=O)C3CCC(N)C3)n2)s1. The van der Waals surface area contributed by atoms with Gasteiger partial charge in [-0.1, -0.05) is 0 Å². The Kier molecular flexibility index (Phi) is 4.05. The molecular weight excluding hydrogens is 304 g/mol. The van der Waals surface area contributed by atoms with Crippen molar-refractivity contribution in [1.29, 1.82) is 0 Å². The number of hydrogen-bond acceptors (Lipinski definition) is 6. The van der Waals surface area contributed by atoms with Crippen LogP contribution in [0.3, 0.4) is 0 Å². The fraction of sp³-hybridized carbons (Fsp3) is 0.500. The van der Waals surface area contributed by atoms with E-state index in [9.17, 15) is 4.79 Å². The highest BCUT2D eigenvalue weighted by Crippen LogP contribution is 2.32. The molecule has 7 heteroatoms. The van der Waals surface area contributed by atoms with Gasteiger partial charge in [-0.15, -0.1) is 22.7 Å². The first-order chi connectivity index (χ1) is 10.0. The van der Waals surface area contributed by atoms with Crippen LogP contribution in [-0.4, -0.2) is 21.9 Å². The average molecular weight is 322 g/mol. The molecule has 0 saturated heterocycles. The summed E-state index contributed by atoms with van der Waals surface area (Å²) in [6, 6.07) is 0.162. The van der Waals surface area contributed by atoms with Crippen LogP contribution in [0.1, 0.15) is 30.0 Å². The van der Waals surface area contributed by atoms with E-state index in [-0.39, 0.29) is 17.9 Å². The molecule has 1 fully saturated rings. The molecule has 2 atom stereocenters. The third-order valence-corrected chi connectivity index (χ3v) is 5.57. The lowest BCUT2D eigenvalue weighted by atomic mass is 10.1. The van der Waals surface area contributed by atoms with E-state index in [0.717, 1.165) is 40.5 Å². The highest BCUT2D eigenvalue weighted by molar-refractivity contribution is 7.16. The molecule has 1 aliphatic rings. The smallest absolute Gasteiger partial charge is 0.229 e. The fourth-order valence-electron chi connectivity index (χ4n) is 2.67. The Balaban J connectivity index is 1.71. The highest BCUT2D eigenvalue weighted by atomic mass is 32.1. The van der Waals surface area contributed by atoms with Crippen molar-refractivity contribution in [2.75, 3.05) is 5.32 Å². The largest absolute Gasteiger partial charge is 0.328 e. The Bertz CT molecular complexity index is 664. The molecule has 21 heavy (non-hydrogen) atoms. The fourth-order valence-corrected chi connectivity index (χ4v) is 4.33. The zero-order chi connectivity index (χ0) is 15.0. The number of hydrogen-bond donors (Lipinski definition) is 2. The van der Waals surface area contributed by atoms with Gasteiger partial charge < -0.3 is 11.1 Å². The van der Waals surface area contributed by atoms with E-state index >= 15 is 0 Å². The van der Waals surface area contributed by atoms with Gasteiger partial charge in [0.15, 0.2) is 5.13 Å². The van der Waals surface area contributed by atoms with Gasteiger partial charge in [-0.05, 0) is 33.1 Å². The van der Waals surface area contributed by atoms with Gasteiger partial charge in [0.05, 0.1) is 21.3 Å². The van der Waals surface area contributed by atoms with Crippen molar-refractivity contribution in [2.24, 2.45) is 11.7 Å². The lowest BCUT2D eigenvalue weighted by molar-refractivity contribution is -0.119. The first-order valence-electron chi connectivity index (χ1n) is 6.99. The minimum atomic E-state index is 0.0275. The number of nitrogens with zero attached hydrogens (tertiary/aromatic N) is 2. The predicted octanol–water partition coefficient (Wildman–Crippen LogP) is 2.95. The van der Waals surface area contributed by atoms with Gasteiger partial charge in [0.25, 0.3) is 0 Å². The van der Waals surface area contributed by atoms with Gasteiger partial charge in [0.1, 0.15) is 0 Å². The summed E-state index contributed by atoms with van der Waals surface area (Å²) in [7, 11) is 0. The lowest BCUT2D eigenvalue weighted by Gasteiger charge is -2.08. The van der Waals surface area contributed by atoms with E-state index in [0.29, 0.717) is 5.13 Å². The van der Waals surface area contributed by atoms with Gasteiger partial charge in [0.2, 0.25) is 5.91 Å². The van der Waals surface area contributed by atoms with E-state index in [1.165, 1.54) is 11.3 Å². The average Bonchev–Trinajstić information content (AvgIpc) is 3.10. The number of anilines is 1. The van der Waals surface area contributed by atoms with Gasteiger partial charge in [-0.25, -0.2) is 9.97 Å². The van der Waals surface area contributed by atoms with Crippen LogP contribution in [0.15, 0.2) is 5.38 Å². The molecule has 112 valence electrons. The number of nitrogens with two attached hydrogens (primary N) is 1. The number of aryl methyl sites for hydroxylation is 2. The summed E-state index contributed by atoms with van der Waals surface area (Å²) in [5.74, 6) is 0.0702. The van der Waals surface area contributed by atoms with E-state index in [2.05, 4.69) is 15.3 Å². The van der Waals surface area contributed by atoms with Crippen LogP contribution in [0.2, 0.25) is 0 Å². The van der Waals surface area contributed by atoms with Crippen molar-refractivity contribution in [3.63, 3.8) is 0 Å². The van der Waals surface area contributed by atoms with E-state index < -0.39 is 0 Å². The van der Waals surface area contributed by atoms with Gasteiger partial charge in [-0.3, -0.25) is 4.79 Å². The molecule has 0 radical (unpaired) electrons. The van der Waals surface area contributed by atoms with Crippen molar-refractivity contribution >= 4 is 33.7 Å². The third kappa shape index (κ3) is 3.14. The predicted molar refractivity (Wildman–Crippen MR) is 86.6 cm³/mol. The Morgan fingerprint density at radius 3 is 2.81 bits per heavy atom. The molecule has 3 rings (SSSR count). The quantitative estimate of drug-likeness (QED) is 0.910. The van der Waals surface area contributed by atoms with Crippen molar-refractivity contribution in [3.05, 3.63) is 16.1 Å². The Morgan fingerprint density at radius 2 is 2.19 bits per heavy atom. The maximum Gasteiger partial charge on any atom is 0.229 e. The molecular formula is C14H18N4OS2. The number of nitrogens with one attached hydrogen (secondary N) is 1. The molecule has 1 amide bonds. The highest BCUT2D eigenvalue weighted by Gasteiger charge is 2.28. The van der Waals surface area contributed by atoms with Crippen LogP contribution >= 0.6 is 22.7 Å². The summed E-state index contributed by atoms with van der Waals surface area (Å²) in [5.41, 5.74) is 7.74. The molecule has 2 aromatic heterocycles. The second-order valence-electron chi connectivity index (χ2n) is 5.44. The molecule has 3 N–H and O–H groups in total. The summed E-state index contributed by atoms with van der Waals surface area (Å²) in [5, 5.41) is 6.57. The topological polar surface area (TPSA) is 80.9 Å². The Hall–Kier alpha value is -1.31. The van der Waals surface area contributed by atoms with Crippen LogP contribution in [0.5, 0.6) is 0 Å². The summed E-state index contributed by atoms with van der Waals surface area (Å²) in [6.45, 7) is 3.97. The molecule has 0 spiro atoms. The first-order valence-corrected chi connectivity index (χ1v) is 8.69. The summed E-state index contributed by atoms with van der Waals surface area (Å²) >= 11 is 3.08. The van der Waals surface area contributed by atoms with E-state index in [1.807, 2.05) is 19.2 Å². The lowest BCUT2D eigenvalue weighted by Crippen LogP contribution is -2.23. The minimum Gasteiger partial charge on any atom is -0.328 e. The molecule has 0 aromatic carbocycles. The van der Waals surface area contributed by atoms with Gasteiger partial charge in [-0.2, -0.15) is 0 Å². The second-order valence-corrected chi connectivity index (χ2v) is 7.51. The zero-order valence-electron chi connectivity index (χ0n) is 12.0. The summed E-state index contributed by atoms with van der Waals surface area (Å²) in [4.78, 5) is 22.2. The molecule has 0 aliphatic heterocycles. The molecule has 1 saturated carbocycles. The molecule has 0 bridgehead atoms. The van der Waals surface area contributed by atoms with Gasteiger partial charge >= 0.3 is 0 Å². The standard InChI is InChI=1S/C14H18N4OS2/c1-7-12(21-8(2)16-7)11-6-20-14(17-11)18-13(19)9-3-4-10(15)5-9/h6,9-10H,3-5,15H2,1-2H3,(H,17,18,19). The summed E-state index contributed by atoms with van der Waals surface area (Å²) < 4.78 is 0. The first kappa shape index (κ1) is 14.6. The van der Waals surface area contributed by atoms with Crippen molar-refractivity contribution in [3.8, 4) is 10.6 Å². The number of carbonyl (C=O) groups excluding carboxylic acids is 1. The van der Waals surface area contributed by atoms with Crippen LogP contribution in [0.25, 0.3) is 10.6 Å². The van der Waals surface area contributed by atoms with Gasteiger partial charge in [0, 0.05) is 17.3 Å². The van der Waals surface area contributed by atoms with Crippen molar-refractivity contribution < 1.29 is 4.79 Å². The number of thiazole rings is 2.